The van der Waals surface area contributed by atoms with Crippen molar-refractivity contribution in [3.8, 4) is 0 Å². The van der Waals surface area contributed by atoms with Crippen LogP contribution in [-0.2, 0) is 19.5 Å². The number of nitrogens with two attached hydrogens (primary N) is 1. The Labute approximate surface area is 130 Å². The van der Waals surface area contributed by atoms with Crippen molar-refractivity contribution >= 4 is 15.7 Å². The van der Waals surface area contributed by atoms with Gasteiger partial charge in [0.15, 0.2) is 5.82 Å². The zero-order valence-corrected chi connectivity index (χ0v) is 13.5. The summed E-state index contributed by atoms with van der Waals surface area (Å²) in [5.41, 5.74) is 0.391. The summed E-state index contributed by atoms with van der Waals surface area (Å²) in [5.74, 6) is -0.566. The summed E-state index contributed by atoms with van der Waals surface area (Å²) in [5, 5.41) is 5.22. The number of ether oxygens (including phenoxy) is 2. The highest BCUT2D eigenvalue weighted by Crippen LogP contribution is 2.31. The van der Waals surface area contributed by atoms with E-state index in [1.165, 1.54) is 12.1 Å². The fraction of sp³-hybridized carbons (Fsp3) is 0.571. The molecule has 1 aromatic carbocycles. The first-order valence-electron chi connectivity index (χ1n) is 7.10. The summed E-state index contributed by atoms with van der Waals surface area (Å²) in [4.78, 5) is 1.46. The molecule has 6 nitrogen and oxygen atoms in total. The molecule has 22 heavy (non-hydrogen) atoms. The molecular weight excluding hydrogens is 311 g/mol. The van der Waals surface area contributed by atoms with E-state index in [1.54, 1.807) is 11.8 Å². The first-order chi connectivity index (χ1) is 10.3. The van der Waals surface area contributed by atoms with Gasteiger partial charge in [-0.25, -0.2) is 17.9 Å². The predicted octanol–water partition coefficient (Wildman–Crippen LogP) is 1.02. The number of primary sulfonamides is 1. The highest BCUT2D eigenvalue weighted by molar-refractivity contribution is 7.89. The topological polar surface area (TPSA) is 81.9 Å². The van der Waals surface area contributed by atoms with Crippen molar-refractivity contribution in [3.63, 3.8) is 0 Å². The summed E-state index contributed by atoms with van der Waals surface area (Å²) in [7, 11) is -4.01. The number of anilines is 1. The van der Waals surface area contributed by atoms with Gasteiger partial charge in [0, 0.05) is 19.7 Å². The van der Waals surface area contributed by atoms with Crippen molar-refractivity contribution in [2.75, 3.05) is 37.8 Å². The van der Waals surface area contributed by atoms with Crippen LogP contribution < -0.4 is 10.0 Å². The molecule has 1 aromatic rings. The molecule has 1 atom stereocenters. The van der Waals surface area contributed by atoms with Gasteiger partial charge in [-0.2, -0.15) is 0 Å². The van der Waals surface area contributed by atoms with Crippen molar-refractivity contribution in [1.29, 1.82) is 0 Å². The van der Waals surface area contributed by atoms with E-state index in [4.69, 9.17) is 14.6 Å². The number of nitrogens with zero attached hydrogens (tertiary/aromatic N) is 1. The van der Waals surface area contributed by atoms with Crippen LogP contribution in [0.15, 0.2) is 17.0 Å². The lowest BCUT2D eigenvalue weighted by Gasteiger charge is -2.35. The fourth-order valence-electron chi connectivity index (χ4n) is 2.44. The average Bonchev–Trinajstić information content (AvgIpc) is 2.47. The number of sulfonamides is 1. The number of hydrogen-bond donors (Lipinski definition) is 1. The Kier molecular flexibility index (Phi) is 5.38. The molecule has 1 unspecified atom stereocenters. The van der Waals surface area contributed by atoms with Gasteiger partial charge in [-0.15, -0.1) is 0 Å². The molecule has 2 N–H and O–H groups in total. The van der Waals surface area contributed by atoms with Crippen LogP contribution in [0.3, 0.4) is 0 Å². The second-order valence-electron chi connectivity index (χ2n) is 5.19. The molecule has 0 spiro atoms. The molecule has 2 rings (SSSR count). The third kappa shape index (κ3) is 3.75. The summed E-state index contributed by atoms with van der Waals surface area (Å²) in [6.07, 6.45) is -0.234. The van der Waals surface area contributed by atoms with Gasteiger partial charge in [0.2, 0.25) is 10.0 Å². The lowest BCUT2D eigenvalue weighted by Crippen LogP contribution is -2.45. The van der Waals surface area contributed by atoms with Crippen molar-refractivity contribution in [1.82, 2.24) is 0 Å². The summed E-state index contributed by atoms with van der Waals surface area (Å²) < 4.78 is 48.9. The van der Waals surface area contributed by atoms with Gasteiger partial charge < -0.3 is 14.4 Å². The third-order valence-corrected chi connectivity index (χ3v) is 4.48. The van der Waals surface area contributed by atoms with Crippen LogP contribution >= 0.6 is 0 Å². The van der Waals surface area contributed by atoms with Gasteiger partial charge >= 0.3 is 0 Å². The van der Waals surface area contributed by atoms with Gasteiger partial charge in [0.25, 0.3) is 0 Å². The molecule has 124 valence electrons. The van der Waals surface area contributed by atoms with E-state index in [9.17, 15) is 12.8 Å². The predicted molar refractivity (Wildman–Crippen MR) is 81.0 cm³/mol. The maximum atomic E-state index is 14.5. The second-order valence-corrected chi connectivity index (χ2v) is 6.72. The maximum absolute atomic E-state index is 14.5. The minimum Gasteiger partial charge on any atom is -0.379 e. The normalized spacial score (nSPS) is 19.5. The zero-order valence-electron chi connectivity index (χ0n) is 12.7. The van der Waals surface area contributed by atoms with Gasteiger partial charge in [-0.3, -0.25) is 0 Å². The van der Waals surface area contributed by atoms with E-state index >= 15 is 0 Å². The summed E-state index contributed by atoms with van der Waals surface area (Å²) >= 11 is 0. The third-order valence-electron chi connectivity index (χ3n) is 3.54. The molecule has 0 aromatic heterocycles. The second kappa shape index (κ2) is 6.91. The van der Waals surface area contributed by atoms with Gasteiger partial charge in [-0.05, 0) is 25.5 Å². The van der Waals surface area contributed by atoms with Crippen LogP contribution in [0, 0.1) is 12.7 Å². The quantitative estimate of drug-likeness (QED) is 0.871. The number of rotatable bonds is 5. The van der Waals surface area contributed by atoms with Crippen LogP contribution in [0.25, 0.3) is 0 Å². The monoisotopic (exact) mass is 332 g/mol. The first kappa shape index (κ1) is 17.1. The Bertz CT molecular complexity index is 636. The highest BCUT2D eigenvalue weighted by atomic mass is 32.2. The van der Waals surface area contributed by atoms with Gasteiger partial charge in [0.05, 0.1) is 25.0 Å². The van der Waals surface area contributed by atoms with Crippen molar-refractivity contribution in [2.24, 2.45) is 5.14 Å². The van der Waals surface area contributed by atoms with E-state index in [0.29, 0.717) is 38.5 Å². The van der Waals surface area contributed by atoms with E-state index in [-0.39, 0.29) is 16.7 Å². The largest absolute Gasteiger partial charge is 0.379 e. The molecule has 0 amide bonds. The zero-order chi connectivity index (χ0) is 16.3. The molecular formula is C14H21FN2O4S. The number of morpholine rings is 1. The van der Waals surface area contributed by atoms with Crippen molar-refractivity contribution < 1.29 is 22.3 Å². The number of hydrogen-bond acceptors (Lipinski definition) is 5. The smallest absolute Gasteiger partial charge is 0.240 e. The molecule has 0 bridgehead atoms. The molecule has 1 heterocycles. The molecule has 0 radical (unpaired) electrons. The van der Waals surface area contributed by atoms with Gasteiger partial charge in [-0.1, -0.05) is 6.07 Å². The van der Waals surface area contributed by atoms with Crippen LogP contribution in [-0.4, -0.2) is 47.4 Å². The van der Waals surface area contributed by atoms with Crippen LogP contribution in [0.2, 0.25) is 0 Å². The Morgan fingerprint density at radius 2 is 2.23 bits per heavy atom. The molecule has 0 saturated carbocycles. The van der Waals surface area contributed by atoms with Crippen molar-refractivity contribution in [3.05, 3.63) is 23.5 Å². The molecule has 1 saturated heterocycles. The van der Waals surface area contributed by atoms with Gasteiger partial charge in [0.1, 0.15) is 4.90 Å². The van der Waals surface area contributed by atoms with Crippen LogP contribution in [0.4, 0.5) is 10.1 Å². The standard InChI is InChI=1S/C14H21FN2O4S/c1-3-20-9-11-8-17(6-7-21-11)14-12(22(16,18)19)5-4-10(2)13(14)15/h4-5,11H,3,6-9H2,1-2H3,(H2,16,18,19). The lowest BCUT2D eigenvalue weighted by molar-refractivity contribution is -0.0209. The molecule has 1 fully saturated rings. The first-order valence-corrected chi connectivity index (χ1v) is 8.65. The highest BCUT2D eigenvalue weighted by Gasteiger charge is 2.28. The average molecular weight is 332 g/mol. The fourth-order valence-corrected chi connectivity index (χ4v) is 3.19. The van der Waals surface area contributed by atoms with Crippen molar-refractivity contribution in [2.45, 2.75) is 24.8 Å². The van der Waals surface area contributed by atoms with E-state index < -0.39 is 15.8 Å². The molecule has 8 heteroatoms. The van der Waals surface area contributed by atoms with E-state index in [2.05, 4.69) is 0 Å². The molecule has 0 aliphatic carbocycles. The lowest BCUT2D eigenvalue weighted by atomic mass is 10.1. The number of halogens is 1. The Morgan fingerprint density at radius 3 is 2.86 bits per heavy atom. The van der Waals surface area contributed by atoms with E-state index in [1.807, 2.05) is 6.92 Å². The summed E-state index contributed by atoms with van der Waals surface area (Å²) in [6, 6.07) is 2.76. The number of aryl methyl sites for hydroxylation is 1. The van der Waals surface area contributed by atoms with E-state index in [0.717, 1.165) is 0 Å². The minimum atomic E-state index is -4.01. The Morgan fingerprint density at radius 1 is 1.50 bits per heavy atom. The molecule has 1 aliphatic rings. The number of benzene rings is 1. The Hall–Kier alpha value is -1.22. The SMILES string of the molecule is CCOCC1CN(c2c(S(N)(=O)=O)ccc(C)c2F)CCO1. The van der Waals surface area contributed by atoms with Crippen LogP contribution in [0.1, 0.15) is 12.5 Å². The summed E-state index contributed by atoms with van der Waals surface area (Å²) in [6.45, 7) is 5.51. The van der Waals surface area contributed by atoms with Crippen LogP contribution in [0.5, 0.6) is 0 Å². The molecule has 1 aliphatic heterocycles. The maximum Gasteiger partial charge on any atom is 0.240 e. The minimum absolute atomic E-state index is 0.0206. The Balaban J connectivity index is 2.36.